The van der Waals surface area contributed by atoms with E-state index < -0.39 is 0 Å². The van der Waals surface area contributed by atoms with Crippen molar-refractivity contribution in [1.82, 2.24) is 29.1 Å². The van der Waals surface area contributed by atoms with E-state index >= 15 is 0 Å². The average molecular weight is 539 g/mol. The van der Waals surface area contributed by atoms with Gasteiger partial charge in [-0.3, -0.25) is 4.79 Å². The Morgan fingerprint density at radius 1 is 1.24 bits per heavy atom. The molecule has 198 valence electrons. The second-order valence-electron chi connectivity index (χ2n) is 8.79. The summed E-state index contributed by atoms with van der Waals surface area (Å²) in [4.78, 5) is 30.2. The molecule has 0 saturated heterocycles. The smallest absolute Gasteiger partial charge is 0.274 e. The topological polar surface area (TPSA) is 144 Å². The van der Waals surface area contributed by atoms with Crippen molar-refractivity contribution in [2.45, 2.75) is 18.8 Å². The summed E-state index contributed by atoms with van der Waals surface area (Å²) in [5.41, 5.74) is 8.44. The third-order valence-corrected chi connectivity index (χ3v) is 6.47. The minimum absolute atomic E-state index is 0.158. The molecule has 5 rings (SSSR count). The lowest BCUT2D eigenvalue weighted by Gasteiger charge is -2.13. The highest BCUT2D eigenvalue weighted by molar-refractivity contribution is 6.36. The number of fused-ring (bicyclic) bond motifs is 1. The Labute approximate surface area is 223 Å². The number of hydrogen-bond donors (Lipinski definition) is 2. The molecule has 0 atom stereocenters. The number of nitrogens with one attached hydrogen (secondary N) is 1. The van der Waals surface area contributed by atoms with Crippen LogP contribution in [0.5, 0.6) is 11.6 Å². The van der Waals surface area contributed by atoms with Gasteiger partial charge in [-0.1, -0.05) is 11.6 Å². The van der Waals surface area contributed by atoms with Crippen LogP contribution in [-0.4, -0.2) is 49.4 Å². The van der Waals surface area contributed by atoms with Gasteiger partial charge in [0.2, 0.25) is 11.8 Å². The lowest BCUT2D eigenvalue weighted by molar-refractivity contribution is 0.143. The Bertz CT molecular complexity index is 1580. The minimum atomic E-state index is -0.158. The fraction of sp³-hybridized carbons (Fsp3) is 0.320. The second kappa shape index (κ2) is 10.7. The van der Waals surface area contributed by atoms with Crippen LogP contribution >= 0.6 is 11.6 Å². The predicted molar refractivity (Wildman–Crippen MR) is 143 cm³/mol. The van der Waals surface area contributed by atoms with Crippen molar-refractivity contribution >= 4 is 40.2 Å². The number of aryl methyl sites for hydroxylation is 2. The molecule has 0 bridgehead atoms. The summed E-state index contributed by atoms with van der Waals surface area (Å²) >= 11 is 6.75. The van der Waals surface area contributed by atoms with Crippen molar-refractivity contribution in [3.8, 4) is 11.6 Å². The summed E-state index contributed by atoms with van der Waals surface area (Å²) in [5.74, 6) is 1.53. The van der Waals surface area contributed by atoms with Crippen LogP contribution in [0, 0.1) is 0 Å². The van der Waals surface area contributed by atoms with Gasteiger partial charge in [-0.2, -0.15) is 4.98 Å². The zero-order valence-electron chi connectivity index (χ0n) is 21.1. The zero-order chi connectivity index (χ0) is 26.8. The van der Waals surface area contributed by atoms with Crippen LogP contribution in [0.2, 0.25) is 5.02 Å². The Kier molecular flexibility index (Phi) is 7.16. The number of imidazole rings is 1. The Balaban J connectivity index is 1.45. The number of ether oxygens (including phenoxy) is 3. The van der Waals surface area contributed by atoms with Crippen molar-refractivity contribution in [2.24, 2.45) is 19.8 Å². The molecule has 1 aliphatic carbocycles. The summed E-state index contributed by atoms with van der Waals surface area (Å²) in [7, 11) is 5.09. The molecule has 1 saturated carbocycles. The first-order chi connectivity index (χ1) is 18.4. The van der Waals surface area contributed by atoms with Gasteiger partial charge in [0.25, 0.3) is 5.56 Å². The molecule has 0 aromatic carbocycles. The fourth-order valence-electron chi connectivity index (χ4n) is 3.98. The van der Waals surface area contributed by atoms with E-state index in [-0.39, 0.29) is 34.6 Å². The first-order valence-electron chi connectivity index (χ1n) is 11.9. The third-order valence-electron chi connectivity index (χ3n) is 6.10. The van der Waals surface area contributed by atoms with Crippen LogP contribution in [-0.2, 0) is 18.8 Å². The van der Waals surface area contributed by atoms with E-state index in [1.54, 1.807) is 30.3 Å². The maximum atomic E-state index is 12.8. The van der Waals surface area contributed by atoms with E-state index in [1.165, 1.54) is 24.8 Å². The molecule has 1 fully saturated rings. The molecule has 0 aliphatic heterocycles. The number of nitrogens with zero attached hydrogens (tertiary/aromatic N) is 6. The molecular formula is C25H27ClN8O4. The Morgan fingerprint density at radius 3 is 2.76 bits per heavy atom. The SMILES string of the molecule is COCCOc1nccnc1C(=CN)Oc1cnc2nc(Nc3cc(C4CC4)cn(C)c3=O)n(C)c2c1Cl. The monoisotopic (exact) mass is 538 g/mol. The summed E-state index contributed by atoms with van der Waals surface area (Å²) in [5, 5.41) is 3.41. The quantitative estimate of drug-likeness (QED) is 0.228. The van der Waals surface area contributed by atoms with Crippen LogP contribution in [0.1, 0.15) is 30.0 Å². The van der Waals surface area contributed by atoms with Gasteiger partial charge in [-0.15, -0.1) is 0 Å². The number of hydrogen-bond acceptors (Lipinski definition) is 10. The highest BCUT2D eigenvalue weighted by Crippen LogP contribution is 2.40. The van der Waals surface area contributed by atoms with E-state index in [0.29, 0.717) is 41.0 Å². The van der Waals surface area contributed by atoms with Crippen LogP contribution < -0.4 is 26.1 Å². The van der Waals surface area contributed by atoms with Gasteiger partial charge in [0.05, 0.1) is 12.8 Å². The number of halogens is 1. The summed E-state index contributed by atoms with van der Waals surface area (Å²) in [6.45, 7) is 0.643. The van der Waals surface area contributed by atoms with Gasteiger partial charge in [-0.05, 0) is 30.4 Å². The van der Waals surface area contributed by atoms with Gasteiger partial charge < -0.3 is 34.4 Å². The van der Waals surface area contributed by atoms with Gasteiger partial charge in [0, 0.05) is 46.0 Å². The first kappa shape index (κ1) is 25.5. The van der Waals surface area contributed by atoms with Gasteiger partial charge >= 0.3 is 0 Å². The van der Waals surface area contributed by atoms with Crippen molar-refractivity contribution in [3.05, 3.63) is 63.7 Å². The van der Waals surface area contributed by atoms with Gasteiger partial charge in [0.1, 0.15) is 22.8 Å². The molecular weight excluding hydrogens is 512 g/mol. The fourth-order valence-corrected chi connectivity index (χ4v) is 4.28. The molecule has 38 heavy (non-hydrogen) atoms. The van der Waals surface area contributed by atoms with Crippen molar-refractivity contribution in [2.75, 3.05) is 25.6 Å². The molecule has 0 radical (unpaired) electrons. The van der Waals surface area contributed by atoms with Crippen molar-refractivity contribution < 1.29 is 14.2 Å². The average Bonchev–Trinajstić information content (AvgIpc) is 3.71. The highest BCUT2D eigenvalue weighted by Gasteiger charge is 2.25. The van der Waals surface area contributed by atoms with Crippen LogP contribution in [0.15, 0.2) is 41.8 Å². The summed E-state index contributed by atoms with van der Waals surface area (Å²) < 4.78 is 20.0. The molecule has 4 aromatic heterocycles. The lowest BCUT2D eigenvalue weighted by atomic mass is 10.2. The van der Waals surface area contributed by atoms with E-state index in [4.69, 9.17) is 31.5 Å². The molecule has 0 spiro atoms. The van der Waals surface area contributed by atoms with E-state index in [2.05, 4.69) is 25.3 Å². The van der Waals surface area contributed by atoms with Crippen LogP contribution in [0.4, 0.5) is 11.6 Å². The molecule has 4 heterocycles. The molecule has 12 nitrogen and oxygen atoms in total. The van der Waals surface area contributed by atoms with E-state index in [0.717, 1.165) is 18.4 Å². The van der Waals surface area contributed by atoms with E-state index in [1.807, 2.05) is 12.3 Å². The number of aromatic nitrogens is 6. The Hall–Kier alpha value is -4.16. The number of methoxy groups -OCH3 is 1. The normalized spacial score (nSPS) is 13.6. The number of anilines is 2. The number of pyridine rings is 2. The standard InChI is InChI=1S/C25H27ClN8O4/c1-33-13-15(14-4-5-14)10-16(24(33)35)31-25-32-22-21(34(25)2)19(26)18(12-30-22)38-17(11-27)20-23(29-7-6-28-20)37-9-8-36-3/h6-7,10-14H,4-5,8-9,27H2,1-3H3,(H,30,31,32). The highest BCUT2D eigenvalue weighted by atomic mass is 35.5. The maximum absolute atomic E-state index is 12.8. The second-order valence-corrected chi connectivity index (χ2v) is 9.17. The molecule has 13 heteroatoms. The molecule has 3 N–H and O–H groups in total. The number of rotatable bonds is 10. The van der Waals surface area contributed by atoms with Crippen molar-refractivity contribution in [3.63, 3.8) is 0 Å². The van der Waals surface area contributed by atoms with Crippen LogP contribution in [0.3, 0.4) is 0 Å². The van der Waals surface area contributed by atoms with Gasteiger partial charge in [0.15, 0.2) is 22.8 Å². The maximum Gasteiger partial charge on any atom is 0.274 e. The third kappa shape index (κ3) is 5.00. The molecule has 0 amide bonds. The van der Waals surface area contributed by atoms with Crippen LogP contribution in [0.25, 0.3) is 16.9 Å². The summed E-state index contributed by atoms with van der Waals surface area (Å²) in [6.07, 6.45) is 9.82. The number of nitrogens with two attached hydrogens (primary N) is 1. The molecule has 4 aromatic rings. The molecule has 0 unspecified atom stereocenters. The Morgan fingerprint density at radius 2 is 2.03 bits per heavy atom. The van der Waals surface area contributed by atoms with E-state index in [9.17, 15) is 4.79 Å². The van der Waals surface area contributed by atoms with Gasteiger partial charge in [-0.25, -0.2) is 15.0 Å². The zero-order valence-corrected chi connectivity index (χ0v) is 21.9. The lowest BCUT2D eigenvalue weighted by Crippen LogP contribution is -2.20. The molecule has 1 aliphatic rings. The summed E-state index contributed by atoms with van der Waals surface area (Å²) in [6, 6.07) is 1.88. The largest absolute Gasteiger partial charge is 0.474 e. The van der Waals surface area contributed by atoms with Crippen molar-refractivity contribution in [1.29, 1.82) is 0 Å². The predicted octanol–water partition coefficient (Wildman–Crippen LogP) is 3.09. The minimum Gasteiger partial charge on any atom is -0.474 e. The first-order valence-corrected chi connectivity index (χ1v) is 12.3.